The lowest BCUT2D eigenvalue weighted by Gasteiger charge is -2.03. The summed E-state index contributed by atoms with van der Waals surface area (Å²) in [6, 6.07) is 7.91. The highest BCUT2D eigenvalue weighted by molar-refractivity contribution is 6.66. The molecule has 0 aliphatic carbocycles. The predicted octanol–water partition coefficient (Wildman–Crippen LogP) is 3.91. The normalized spacial score (nSPS) is 18.2. The van der Waals surface area contributed by atoms with Gasteiger partial charge in [-0.3, -0.25) is 0 Å². The van der Waals surface area contributed by atoms with Gasteiger partial charge in [0, 0.05) is 12.5 Å². The maximum Gasteiger partial charge on any atom is 0.268 e. The summed E-state index contributed by atoms with van der Waals surface area (Å²) >= 11 is 16.9. The summed E-state index contributed by atoms with van der Waals surface area (Å²) in [4.78, 5) is 0. The van der Waals surface area contributed by atoms with Crippen molar-refractivity contribution in [3.63, 3.8) is 0 Å². The Morgan fingerprint density at radius 2 is 2.00 bits per heavy atom. The molecule has 0 radical (unpaired) electrons. The van der Waals surface area contributed by atoms with Crippen molar-refractivity contribution in [1.29, 1.82) is 0 Å². The van der Waals surface area contributed by atoms with E-state index in [9.17, 15) is 0 Å². The van der Waals surface area contributed by atoms with Crippen molar-refractivity contribution >= 4 is 40.9 Å². The SMILES string of the molecule is ClC(Cl)(Cl)c1nnc(C=CC2Cc3ccccc3O2)o1. The summed E-state index contributed by atoms with van der Waals surface area (Å²) in [6.07, 6.45) is 4.24. The van der Waals surface area contributed by atoms with Gasteiger partial charge in [0.05, 0.1) is 0 Å². The van der Waals surface area contributed by atoms with Crippen LogP contribution in [0.15, 0.2) is 34.8 Å². The second kappa shape index (κ2) is 5.28. The van der Waals surface area contributed by atoms with Crippen LogP contribution in [0.1, 0.15) is 17.3 Å². The number of alkyl halides is 3. The third-order valence-electron chi connectivity index (χ3n) is 2.81. The Balaban J connectivity index is 1.69. The van der Waals surface area contributed by atoms with Crippen LogP contribution in [0.4, 0.5) is 0 Å². The van der Waals surface area contributed by atoms with Gasteiger partial charge in [-0.2, -0.15) is 0 Å². The lowest BCUT2D eigenvalue weighted by atomic mass is 10.1. The van der Waals surface area contributed by atoms with E-state index in [1.54, 1.807) is 6.08 Å². The zero-order valence-electron chi connectivity index (χ0n) is 10.1. The third-order valence-corrected chi connectivity index (χ3v) is 3.29. The molecule has 1 aromatic carbocycles. The minimum atomic E-state index is -1.71. The van der Waals surface area contributed by atoms with Crippen LogP contribution in [-0.4, -0.2) is 16.3 Å². The largest absolute Gasteiger partial charge is 0.486 e. The summed E-state index contributed by atoms with van der Waals surface area (Å²) in [5.74, 6) is 1.11. The number of aromatic nitrogens is 2. The fraction of sp³-hybridized carbons (Fsp3) is 0.231. The monoisotopic (exact) mass is 330 g/mol. The van der Waals surface area contributed by atoms with Crippen LogP contribution >= 0.6 is 34.8 Å². The molecule has 0 saturated carbocycles. The van der Waals surface area contributed by atoms with Gasteiger partial charge in [-0.15, -0.1) is 10.2 Å². The van der Waals surface area contributed by atoms with E-state index in [0.717, 1.165) is 12.2 Å². The topological polar surface area (TPSA) is 48.2 Å². The minimum absolute atomic E-state index is 0.0576. The van der Waals surface area contributed by atoms with E-state index < -0.39 is 3.79 Å². The van der Waals surface area contributed by atoms with E-state index >= 15 is 0 Å². The fourth-order valence-electron chi connectivity index (χ4n) is 1.92. The summed E-state index contributed by atoms with van der Waals surface area (Å²) in [6.45, 7) is 0. The zero-order valence-corrected chi connectivity index (χ0v) is 12.4. The smallest absolute Gasteiger partial charge is 0.268 e. The maximum atomic E-state index is 5.75. The van der Waals surface area contributed by atoms with Crippen LogP contribution in [0.5, 0.6) is 5.75 Å². The molecular formula is C13H9Cl3N2O2. The van der Waals surface area contributed by atoms with Crippen molar-refractivity contribution in [2.45, 2.75) is 16.3 Å². The number of benzene rings is 1. The number of hydrogen-bond acceptors (Lipinski definition) is 4. The molecule has 1 aromatic heterocycles. The molecule has 4 nitrogen and oxygen atoms in total. The van der Waals surface area contributed by atoms with Gasteiger partial charge in [-0.25, -0.2) is 0 Å². The molecule has 0 N–H and O–H groups in total. The first-order chi connectivity index (χ1) is 9.52. The van der Waals surface area contributed by atoms with Gasteiger partial charge in [0.2, 0.25) is 5.89 Å². The molecular weight excluding hydrogens is 323 g/mol. The van der Waals surface area contributed by atoms with Crippen molar-refractivity contribution in [2.24, 2.45) is 0 Å². The average molecular weight is 332 g/mol. The van der Waals surface area contributed by atoms with Gasteiger partial charge in [-0.05, 0) is 17.7 Å². The second-order valence-electron chi connectivity index (χ2n) is 4.27. The molecule has 0 saturated heterocycles. The van der Waals surface area contributed by atoms with Crippen LogP contribution in [-0.2, 0) is 10.2 Å². The van der Waals surface area contributed by atoms with Crippen molar-refractivity contribution in [3.05, 3.63) is 47.7 Å². The highest BCUT2D eigenvalue weighted by atomic mass is 35.6. The highest BCUT2D eigenvalue weighted by Crippen LogP contribution is 2.37. The predicted molar refractivity (Wildman–Crippen MR) is 77.1 cm³/mol. The number of para-hydroxylation sites is 1. The van der Waals surface area contributed by atoms with Crippen molar-refractivity contribution in [1.82, 2.24) is 10.2 Å². The number of fused-ring (bicyclic) bond motifs is 1. The molecule has 0 fully saturated rings. The number of nitrogens with zero attached hydrogens (tertiary/aromatic N) is 2. The first-order valence-electron chi connectivity index (χ1n) is 5.86. The molecule has 0 bridgehead atoms. The van der Waals surface area contributed by atoms with Crippen LogP contribution < -0.4 is 4.74 Å². The molecule has 0 amide bonds. The van der Waals surface area contributed by atoms with Crippen LogP contribution in [0.2, 0.25) is 0 Å². The summed E-state index contributed by atoms with van der Waals surface area (Å²) in [5, 5.41) is 7.45. The average Bonchev–Trinajstić information content (AvgIpc) is 3.02. The van der Waals surface area contributed by atoms with Crippen LogP contribution in [0.25, 0.3) is 6.08 Å². The standard InChI is InChI=1S/C13H9Cl3N2O2/c14-13(15,16)12-18-17-11(20-12)6-5-9-7-8-3-1-2-4-10(8)19-9/h1-6,9H,7H2. The summed E-state index contributed by atoms with van der Waals surface area (Å²) < 4.78 is 9.26. The van der Waals surface area contributed by atoms with E-state index in [-0.39, 0.29) is 17.9 Å². The molecule has 2 heterocycles. The number of rotatable bonds is 2. The van der Waals surface area contributed by atoms with Gasteiger partial charge in [0.15, 0.2) is 0 Å². The molecule has 2 aromatic rings. The van der Waals surface area contributed by atoms with E-state index in [1.165, 1.54) is 5.56 Å². The Morgan fingerprint density at radius 1 is 1.20 bits per heavy atom. The van der Waals surface area contributed by atoms with Gasteiger partial charge >= 0.3 is 0 Å². The molecule has 7 heteroatoms. The molecule has 0 spiro atoms. The zero-order chi connectivity index (χ0) is 14.2. The first kappa shape index (κ1) is 13.7. The van der Waals surface area contributed by atoms with Crippen molar-refractivity contribution in [2.75, 3.05) is 0 Å². The third kappa shape index (κ3) is 2.92. The van der Waals surface area contributed by atoms with E-state index in [2.05, 4.69) is 10.2 Å². The van der Waals surface area contributed by atoms with Crippen molar-refractivity contribution in [3.8, 4) is 5.75 Å². The summed E-state index contributed by atoms with van der Waals surface area (Å²) in [5.41, 5.74) is 1.18. The lowest BCUT2D eigenvalue weighted by Crippen LogP contribution is -2.08. The molecule has 1 aliphatic rings. The van der Waals surface area contributed by atoms with Gasteiger partial charge in [0.1, 0.15) is 11.9 Å². The van der Waals surface area contributed by atoms with Gasteiger partial charge in [0.25, 0.3) is 9.68 Å². The van der Waals surface area contributed by atoms with Gasteiger partial charge < -0.3 is 9.15 Å². The summed E-state index contributed by atoms with van der Waals surface area (Å²) in [7, 11) is 0. The Labute approximate surface area is 130 Å². The lowest BCUT2D eigenvalue weighted by molar-refractivity contribution is 0.284. The molecule has 104 valence electrons. The van der Waals surface area contributed by atoms with Crippen molar-refractivity contribution < 1.29 is 9.15 Å². The van der Waals surface area contributed by atoms with Crippen LogP contribution in [0, 0.1) is 0 Å². The fourth-order valence-corrected chi connectivity index (χ4v) is 2.15. The van der Waals surface area contributed by atoms with Crippen LogP contribution in [0.3, 0.4) is 0 Å². The second-order valence-corrected chi connectivity index (χ2v) is 6.55. The van der Waals surface area contributed by atoms with E-state index in [1.807, 2.05) is 30.3 Å². The minimum Gasteiger partial charge on any atom is -0.486 e. The Bertz CT molecular complexity index is 624. The molecule has 1 aliphatic heterocycles. The quantitative estimate of drug-likeness (QED) is 0.783. The number of halogens is 3. The first-order valence-corrected chi connectivity index (χ1v) is 6.99. The molecule has 3 rings (SSSR count). The Hall–Kier alpha value is -1.23. The van der Waals surface area contributed by atoms with E-state index in [0.29, 0.717) is 0 Å². The highest BCUT2D eigenvalue weighted by Gasteiger charge is 2.30. The molecule has 20 heavy (non-hydrogen) atoms. The maximum absolute atomic E-state index is 5.75. The Kier molecular flexibility index (Phi) is 3.63. The number of hydrogen-bond donors (Lipinski definition) is 0. The Morgan fingerprint density at radius 3 is 2.70 bits per heavy atom. The molecule has 1 atom stereocenters. The number of ether oxygens (including phenoxy) is 1. The van der Waals surface area contributed by atoms with E-state index in [4.69, 9.17) is 44.0 Å². The van der Waals surface area contributed by atoms with Gasteiger partial charge in [-0.1, -0.05) is 53.0 Å². The molecule has 1 unspecified atom stereocenters.